The molecule has 11 heteroatoms. The molecule has 2 rings (SSSR count). The molecule has 4 atom stereocenters. The highest BCUT2D eigenvalue weighted by Crippen LogP contribution is 2.51. The summed E-state index contributed by atoms with van der Waals surface area (Å²) in [5, 5.41) is 9.26. The van der Waals surface area contributed by atoms with Crippen LogP contribution in [0.5, 0.6) is 0 Å². The van der Waals surface area contributed by atoms with Crippen molar-refractivity contribution in [2.45, 2.75) is 24.9 Å². The van der Waals surface area contributed by atoms with Crippen LogP contribution in [0.1, 0.15) is 12.6 Å². The van der Waals surface area contributed by atoms with Crippen LogP contribution in [0.2, 0.25) is 0 Å². The van der Waals surface area contributed by atoms with Crippen molar-refractivity contribution in [3.63, 3.8) is 0 Å². The molecule has 8 nitrogen and oxygen atoms in total. The number of aliphatic hydroxyl groups excluding tert-OH is 1. The minimum atomic E-state index is -3.19. The first-order chi connectivity index (χ1) is 9.30. The zero-order valence-electron chi connectivity index (χ0n) is 10.2. The van der Waals surface area contributed by atoms with Crippen molar-refractivity contribution in [3.8, 4) is 0 Å². The minimum Gasteiger partial charge on any atom is -0.394 e. The maximum Gasteiger partial charge on any atom is 0.351 e. The van der Waals surface area contributed by atoms with E-state index in [9.17, 15) is 14.8 Å². The first kappa shape index (κ1) is 15.9. The second-order valence-electron chi connectivity index (χ2n) is 4.22. The molecule has 1 aliphatic rings. The fraction of sp³-hybridized carbons (Fsp3) is 0.556. The maximum atomic E-state index is 11.7. The van der Waals surface area contributed by atoms with Crippen LogP contribution in [0.4, 0.5) is 5.82 Å². The van der Waals surface area contributed by atoms with E-state index >= 15 is 0 Å². The third-order valence-corrected chi connectivity index (χ3v) is 3.88. The third-order valence-electron chi connectivity index (χ3n) is 2.79. The van der Waals surface area contributed by atoms with Crippen molar-refractivity contribution in [1.82, 2.24) is 9.55 Å². The molecular weight excluding hydrogens is 325 g/mol. The Labute approximate surface area is 124 Å². The average Bonchev–Trinajstić information content (AvgIpc) is 2.69. The van der Waals surface area contributed by atoms with Gasteiger partial charge in [0, 0.05) is 12.6 Å². The Kier molecular flexibility index (Phi) is 4.85. The minimum absolute atomic E-state index is 0.108. The lowest BCUT2D eigenvalue weighted by Gasteiger charge is -2.19. The molecule has 1 saturated heterocycles. The first-order valence-corrected chi connectivity index (χ1v) is 9.47. The molecule has 2 heterocycles. The van der Waals surface area contributed by atoms with E-state index in [1.165, 1.54) is 16.8 Å². The Hall–Kier alpha value is -0.480. The van der Waals surface area contributed by atoms with Gasteiger partial charge in [0.15, 0.2) is 0 Å². The van der Waals surface area contributed by atoms with Gasteiger partial charge in [-0.05, 0) is 17.9 Å². The summed E-state index contributed by atoms with van der Waals surface area (Å²) < 4.78 is 12.0. The van der Waals surface area contributed by atoms with Crippen LogP contribution in [-0.2, 0) is 21.1 Å². The molecule has 1 aromatic rings. The lowest BCUT2D eigenvalue weighted by Crippen LogP contribution is -2.28. The van der Waals surface area contributed by atoms with E-state index in [-0.39, 0.29) is 18.8 Å². The quantitative estimate of drug-likeness (QED) is 0.434. The molecule has 20 heavy (non-hydrogen) atoms. The molecule has 0 spiro atoms. The molecule has 0 aliphatic carbocycles. The molecular formula is C9H14N3O5PS2. The monoisotopic (exact) mass is 339 g/mol. The number of rotatable bonds is 4. The standard InChI is InChI=1S/C9H14N3O5PS2/c10-7-1-2-12(9(14)11-7)8-3-5(6(4-13)16-8)17-18(15,19)20/h1-2,5-6,8,13H,3-4H2,(H2,10,11,14)(H2,15,19,20). The summed E-state index contributed by atoms with van der Waals surface area (Å²) in [6.07, 6.45) is -0.348. The van der Waals surface area contributed by atoms with Crippen molar-refractivity contribution in [1.29, 1.82) is 0 Å². The van der Waals surface area contributed by atoms with Crippen molar-refractivity contribution in [3.05, 3.63) is 22.7 Å². The first-order valence-electron chi connectivity index (χ1n) is 5.65. The Morgan fingerprint density at radius 2 is 2.45 bits per heavy atom. The van der Waals surface area contributed by atoms with E-state index in [1.807, 2.05) is 0 Å². The molecule has 4 unspecified atom stereocenters. The molecule has 1 aromatic heterocycles. The summed E-state index contributed by atoms with van der Waals surface area (Å²) in [6.45, 7) is -0.332. The van der Waals surface area contributed by atoms with E-state index in [2.05, 4.69) is 17.2 Å². The highest BCUT2D eigenvalue weighted by molar-refractivity contribution is 8.59. The smallest absolute Gasteiger partial charge is 0.351 e. The number of aliphatic hydroxyl groups is 1. The summed E-state index contributed by atoms with van der Waals surface area (Å²) in [4.78, 5) is 24.8. The van der Waals surface area contributed by atoms with Crippen LogP contribution >= 0.6 is 17.9 Å². The molecule has 112 valence electrons. The molecule has 0 aromatic carbocycles. The van der Waals surface area contributed by atoms with Gasteiger partial charge in [-0.3, -0.25) is 4.57 Å². The van der Waals surface area contributed by atoms with Gasteiger partial charge in [0.2, 0.25) is 5.69 Å². The lowest BCUT2D eigenvalue weighted by molar-refractivity contribution is -0.0415. The van der Waals surface area contributed by atoms with E-state index < -0.39 is 29.8 Å². The van der Waals surface area contributed by atoms with E-state index in [4.69, 9.17) is 26.8 Å². The predicted molar refractivity (Wildman–Crippen MR) is 78.9 cm³/mol. The zero-order chi connectivity index (χ0) is 14.9. The number of anilines is 1. The van der Waals surface area contributed by atoms with Crippen LogP contribution < -0.4 is 11.4 Å². The molecule has 0 bridgehead atoms. The van der Waals surface area contributed by atoms with Gasteiger partial charge in [0.25, 0.3) is 0 Å². The van der Waals surface area contributed by atoms with E-state index in [0.717, 1.165) is 0 Å². The Balaban J connectivity index is 2.20. The van der Waals surface area contributed by atoms with Crippen LogP contribution in [0.25, 0.3) is 0 Å². The summed E-state index contributed by atoms with van der Waals surface area (Å²) in [5.74, 6) is 0.108. The highest BCUT2D eigenvalue weighted by atomic mass is 32.9. The van der Waals surface area contributed by atoms with Crippen LogP contribution in [0, 0.1) is 0 Å². The molecule has 0 saturated carbocycles. The van der Waals surface area contributed by atoms with Gasteiger partial charge >= 0.3 is 5.69 Å². The van der Waals surface area contributed by atoms with Crippen LogP contribution in [0.15, 0.2) is 17.1 Å². The van der Waals surface area contributed by atoms with E-state index in [1.54, 1.807) is 0 Å². The number of hydrogen-bond donors (Lipinski definition) is 4. The van der Waals surface area contributed by atoms with Gasteiger partial charge < -0.3 is 25.0 Å². The highest BCUT2D eigenvalue weighted by Gasteiger charge is 2.39. The average molecular weight is 339 g/mol. The molecule has 1 aliphatic heterocycles. The van der Waals surface area contributed by atoms with Crippen molar-refractivity contribution in [2.24, 2.45) is 0 Å². The number of nitrogens with zero attached hydrogens (tertiary/aromatic N) is 2. The van der Waals surface area contributed by atoms with Gasteiger partial charge in [-0.2, -0.15) is 4.98 Å². The second kappa shape index (κ2) is 6.10. The number of ether oxygens (including phenoxy) is 1. The normalized spacial score (nSPS) is 29.2. The number of aromatic nitrogens is 2. The van der Waals surface area contributed by atoms with Crippen molar-refractivity contribution in [2.75, 3.05) is 12.3 Å². The van der Waals surface area contributed by atoms with Crippen LogP contribution in [0.3, 0.4) is 0 Å². The lowest BCUT2D eigenvalue weighted by atomic mass is 10.2. The molecule has 4 N–H and O–H groups in total. The summed E-state index contributed by atoms with van der Waals surface area (Å²) in [6, 6.07) is 1.46. The largest absolute Gasteiger partial charge is 0.394 e. The zero-order valence-corrected chi connectivity index (χ0v) is 12.8. The Morgan fingerprint density at radius 1 is 1.75 bits per heavy atom. The van der Waals surface area contributed by atoms with E-state index in [0.29, 0.717) is 0 Å². The number of nitrogens with two attached hydrogens (primary N) is 1. The van der Waals surface area contributed by atoms with Crippen molar-refractivity contribution < 1.29 is 19.3 Å². The number of nitrogen functional groups attached to an aromatic ring is 1. The van der Waals surface area contributed by atoms with Crippen molar-refractivity contribution >= 4 is 35.6 Å². The van der Waals surface area contributed by atoms with Gasteiger partial charge in [0.05, 0.1) is 12.7 Å². The predicted octanol–water partition coefficient (Wildman–Crippen LogP) is -0.363. The second-order valence-corrected chi connectivity index (χ2v) is 9.34. The molecule has 0 radical (unpaired) electrons. The third kappa shape index (κ3) is 3.79. The Morgan fingerprint density at radius 3 is 3.00 bits per heavy atom. The summed E-state index contributed by atoms with van der Waals surface area (Å²) in [7, 11) is 0. The summed E-state index contributed by atoms with van der Waals surface area (Å²) in [5.41, 5.74) is 1.65. The van der Waals surface area contributed by atoms with Gasteiger partial charge in [0.1, 0.15) is 18.1 Å². The summed E-state index contributed by atoms with van der Waals surface area (Å²) >= 11 is 8.48. The van der Waals surface area contributed by atoms with Crippen LogP contribution in [-0.4, -0.2) is 38.4 Å². The van der Waals surface area contributed by atoms with Gasteiger partial charge in [-0.25, -0.2) is 4.79 Å². The van der Waals surface area contributed by atoms with Gasteiger partial charge in [-0.15, -0.1) is 0 Å². The van der Waals surface area contributed by atoms with Gasteiger partial charge in [-0.1, -0.05) is 12.2 Å². The topological polar surface area (TPSA) is 120 Å². The molecule has 1 fully saturated rings. The Bertz CT molecular complexity index is 591. The number of thiol groups is 1. The number of hydrogen-bond acceptors (Lipinski definition) is 7. The fourth-order valence-corrected chi connectivity index (χ4v) is 3.24. The molecule has 0 amide bonds. The SMILES string of the molecule is Nc1ccn(C2CC(OP(O)(=S)S)C(CO)O2)c(=O)n1. The fourth-order valence-electron chi connectivity index (χ4n) is 1.97. The maximum absolute atomic E-state index is 11.7.